The summed E-state index contributed by atoms with van der Waals surface area (Å²) in [6, 6.07) is 8.15. The third-order valence-electron chi connectivity index (χ3n) is 6.97. The van der Waals surface area contributed by atoms with Crippen molar-refractivity contribution in [3.05, 3.63) is 35.4 Å². The van der Waals surface area contributed by atoms with Gasteiger partial charge in [0.05, 0.1) is 18.3 Å². The number of nitrogens with zero attached hydrogens (tertiary/aromatic N) is 6. The second kappa shape index (κ2) is 22.7. The number of likely N-dealkylation sites (tertiary alicyclic amines) is 1. The highest BCUT2D eigenvalue weighted by Gasteiger charge is 2.38. The van der Waals surface area contributed by atoms with Crippen molar-refractivity contribution < 1.29 is 48.2 Å². The first-order valence-corrected chi connectivity index (χ1v) is 16.7. The molecule has 1 aromatic heterocycles. The number of thioether (sulfide) groups is 1. The minimum Gasteiger partial charge on any atom is -0.461 e. The fourth-order valence-corrected chi connectivity index (χ4v) is 5.28. The van der Waals surface area contributed by atoms with Gasteiger partial charge in [-0.3, -0.25) is 24.3 Å². The standard InChI is InChI=1S/C18H26N6O3.C14H18N2O7S/c1-20-10-13-4-6-14(7-5-13)11-24(12-25)17-15(21-2)16(19)22-18(23-17)27-9-8-26-3;1-15(11(19)3-2-6-17)23-13(21)4-5-16-12(20)9-10(14(16)22)24-8-7-18/h4-7,20,25H,2,8-12H2,1,3H3,(H2,19,22,23);6-7,10H,2-5,8-9H2,1H3. The number of carbonyl (C=O) groups is 6. The van der Waals surface area contributed by atoms with Crippen molar-refractivity contribution in [2.45, 2.75) is 44.0 Å². The molecular formula is C32H44N8O10S. The molecule has 278 valence electrons. The third kappa shape index (κ3) is 13.7. The molecule has 1 aromatic carbocycles. The number of nitrogens with one attached hydrogen (secondary N) is 1. The molecule has 4 N–H and O–H groups in total. The number of amides is 3. The van der Waals surface area contributed by atoms with Crippen molar-refractivity contribution in [3.8, 4) is 6.01 Å². The largest absolute Gasteiger partial charge is 0.461 e. The molecule has 0 saturated carbocycles. The average molecular weight is 733 g/mol. The van der Waals surface area contributed by atoms with Gasteiger partial charge in [0, 0.05) is 58.8 Å². The predicted molar refractivity (Wildman–Crippen MR) is 188 cm³/mol. The lowest BCUT2D eigenvalue weighted by molar-refractivity contribution is -0.193. The molecule has 0 bridgehead atoms. The van der Waals surface area contributed by atoms with Crippen molar-refractivity contribution in [2.24, 2.45) is 4.99 Å². The van der Waals surface area contributed by atoms with Gasteiger partial charge < -0.3 is 45.0 Å². The minimum absolute atomic E-state index is 0.00350. The molecule has 1 aliphatic rings. The predicted octanol–water partition coefficient (Wildman–Crippen LogP) is 0.424. The molecule has 0 radical (unpaired) electrons. The number of hydroxylamine groups is 2. The Bertz CT molecular complexity index is 1500. The molecule has 3 rings (SSSR count). The summed E-state index contributed by atoms with van der Waals surface area (Å²) in [5.41, 5.74) is 8.44. The highest BCUT2D eigenvalue weighted by Crippen LogP contribution is 2.33. The van der Waals surface area contributed by atoms with Crippen LogP contribution in [0.4, 0.5) is 17.3 Å². The first-order valence-electron chi connectivity index (χ1n) is 15.7. The fourth-order valence-electron chi connectivity index (χ4n) is 4.44. The first kappa shape index (κ1) is 42.2. The summed E-state index contributed by atoms with van der Waals surface area (Å²) in [5.74, 6) is -1.55. The Labute approximate surface area is 299 Å². The Hall–Kier alpha value is -4.98. The van der Waals surface area contributed by atoms with E-state index in [4.69, 9.17) is 20.0 Å². The van der Waals surface area contributed by atoms with Gasteiger partial charge in [-0.25, -0.2) is 4.79 Å². The van der Waals surface area contributed by atoms with Crippen LogP contribution >= 0.6 is 11.8 Å². The van der Waals surface area contributed by atoms with E-state index < -0.39 is 28.9 Å². The van der Waals surface area contributed by atoms with Gasteiger partial charge in [0.2, 0.25) is 11.8 Å². The summed E-state index contributed by atoms with van der Waals surface area (Å²) < 4.78 is 10.4. The molecular weight excluding hydrogens is 688 g/mol. The summed E-state index contributed by atoms with van der Waals surface area (Å²) in [6.07, 6.45) is 0.921. The first-order chi connectivity index (χ1) is 24.5. The van der Waals surface area contributed by atoms with Gasteiger partial charge in [0.25, 0.3) is 5.91 Å². The molecule has 2 heterocycles. The number of benzene rings is 1. The normalized spacial score (nSPS) is 13.6. The number of ether oxygens (including phenoxy) is 2. The van der Waals surface area contributed by atoms with Crippen LogP contribution in [0.3, 0.4) is 0 Å². The van der Waals surface area contributed by atoms with Gasteiger partial charge >= 0.3 is 12.0 Å². The molecule has 1 atom stereocenters. The number of nitrogen functional groups attached to an aromatic ring is 1. The Balaban J connectivity index is 0.000000356. The van der Waals surface area contributed by atoms with Gasteiger partial charge in [-0.05, 0) is 24.9 Å². The summed E-state index contributed by atoms with van der Waals surface area (Å²) in [6.45, 7) is 4.97. The zero-order valence-corrected chi connectivity index (χ0v) is 29.6. The lowest BCUT2D eigenvalue weighted by Gasteiger charge is -2.23. The minimum atomic E-state index is -0.776. The van der Waals surface area contributed by atoms with Gasteiger partial charge in [0.15, 0.2) is 11.6 Å². The number of methoxy groups -OCH3 is 1. The number of aromatic nitrogens is 2. The summed E-state index contributed by atoms with van der Waals surface area (Å²) in [4.78, 5) is 87.1. The monoisotopic (exact) mass is 732 g/mol. The van der Waals surface area contributed by atoms with Crippen LogP contribution in [-0.4, -0.2) is 127 Å². The van der Waals surface area contributed by atoms with Crippen LogP contribution in [0.15, 0.2) is 29.3 Å². The maximum atomic E-state index is 12.0. The Kier molecular flexibility index (Phi) is 18.8. The number of aliphatic imine (C=N–C) groups is 1. The van der Waals surface area contributed by atoms with Crippen LogP contribution in [0.25, 0.3) is 0 Å². The van der Waals surface area contributed by atoms with Crippen LogP contribution in [0.1, 0.15) is 36.8 Å². The highest BCUT2D eigenvalue weighted by molar-refractivity contribution is 8.01. The van der Waals surface area contributed by atoms with Crippen LogP contribution in [0.5, 0.6) is 6.01 Å². The number of imide groups is 1. The van der Waals surface area contributed by atoms with Crippen LogP contribution < -0.4 is 20.7 Å². The summed E-state index contributed by atoms with van der Waals surface area (Å²) >= 11 is 1.08. The van der Waals surface area contributed by atoms with E-state index in [1.165, 1.54) is 12.6 Å². The number of carbonyl (C=O) groups excluding carboxylic acids is 6. The molecule has 0 spiro atoms. The quantitative estimate of drug-likeness (QED) is 0.0418. The number of hydrogen-bond donors (Lipinski definition) is 3. The molecule has 1 fully saturated rings. The zero-order valence-electron chi connectivity index (χ0n) is 28.8. The van der Waals surface area contributed by atoms with E-state index in [0.717, 1.165) is 33.8 Å². The molecule has 1 saturated heterocycles. The summed E-state index contributed by atoms with van der Waals surface area (Å²) in [5, 5.41) is 13.1. The van der Waals surface area contributed by atoms with Crippen LogP contribution in [-0.2, 0) is 51.4 Å². The van der Waals surface area contributed by atoms with Crippen molar-refractivity contribution in [1.29, 1.82) is 0 Å². The molecule has 1 aliphatic heterocycles. The fraction of sp³-hybridized carbons (Fsp3) is 0.469. The molecule has 1 unspecified atom stereocenters. The molecule has 0 aliphatic carbocycles. The maximum Gasteiger partial charge on any atom is 0.334 e. The van der Waals surface area contributed by atoms with Crippen LogP contribution in [0.2, 0.25) is 0 Å². The Morgan fingerprint density at radius 1 is 1.16 bits per heavy atom. The number of rotatable bonds is 20. The van der Waals surface area contributed by atoms with E-state index in [2.05, 4.69) is 27.0 Å². The number of nitrogens with two attached hydrogens (primary N) is 1. The highest BCUT2D eigenvalue weighted by atomic mass is 32.2. The van der Waals surface area contributed by atoms with Gasteiger partial charge in [-0.2, -0.15) is 15.0 Å². The van der Waals surface area contributed by atoms with E-state index in [-0.39, 0.29) is 63.1 Å². The maximum absolute atomic E-state index is 12.0. The van der Waals surface area contributed by atoms with E-state index in [1.807, 2.05) is 31.3 Å². The van der Waals surface area contributed by atoms with Gasteiger partial charge in [0.1, 0.15) is 31.6 Å². The number of aldehydes is 2. The van der Waals surface area contributed by atoms with E-state index in [1.54, 1.807) is 12.0 Å². The Morgan fingerprint density at radius 3 is 2.47 bits per heavy atom. The van der Waals surface area contributed by atoms with E-state index in [0.29, 0.717) is 37.2 Å². The smallest absolute Gasteiger partial charge is 0.334 e. The lowest BCUT2D eigenvalue weighted by Crippen LogP contribution is -2.35. The molecule has 3 amide bonds. The van der Waals surface area contributed by atoms with Gasteiger partial charge in [-0.15, -0.1) is 11.8 Å². The van der Waals surface area contributed by atoms with Crippen molar-refractivity contribution in [3.63, 3.8) is 0 Å². The SMILES string of the molecule is C=Nc1c(N)nc(OCCOC)nc1N(CO)Cc1ccc(CNC)cc1.CN(OC(=O)CCN1C(=O)CC(SCC=O)C1=O)C(=O)CCC=O. The molecule has 19 heteroatoms. The molecule has 51 heavy (non-hydrogen) atoms. The van der Waals surface area contributed by atoms with Crippen molar-refractivity contribution in [2.75, 3.05) is 64.1 Å². The average Bonchev–Trinajstić information content (AvgIpc) is 3.39. The second-order valence-corrected chi connectivity index (χ2v) is 11.9. The van der Waals surface area contributed by atoms with Crippen molar-refractivity contribution in [1.82, 2.24) is 25.2 Å². The zero-order chi connectivity index (χ0) is 37.8. The van der Waals surface area contributed by atoms with E-state index in [9.17, 15) is 33.9 Å². The van der Waals surface area contributed by atoms with Gasteiger partial charge in [-0.1, -0.05) is 24.3 Å². The van der Waals surface area contributed by atoms with Crippen molar-refractivity contribution >= 4 is 72.1 Å². The van der Waals surface area contributed by atoms with E-state index >= 15 is 0 Å². The molecule has 18 nitrogen and oxygen atoms in total. The third-order valence-corrected chi connectivity index (χ3v) is 8.07. The number of anilines is 2. The molecule has 2 aromatic rings. The Morgan fingerprint density at radius 2 is 1.86 bits per heavy atom. The number of aliphatic hydroxyl groups excluding tert-OH is 1. The number of hydrogen-bond acceptors (Lipinski definition) is 17. The summed E-state index contributed by atoms with van der Waals surface area (Å²) in [7, 11) is 4.71. The topological polar surface area (TPSA) is 236 Å². The van der Waals surface area contributed by atoms with Crippen LogP contribution in [0, 0.1) is 0 Å². The second-order valence-electron chi connectivity index (χ2n) is 10.6. The lowest BCUT2D eigenvalue weighted by atomic mass is 10.1. The number of aliphatic hydroxyl groups is 1.